The number of aromatic nitrogens is 2. The van der Waals surface area contributed by atoms with Gasteiger partial charge in [0.25, 0.3) is 0 Å². The molecule has 0 spiro atoms. The summed E-state index contributed by atoms with van der Waals surface area (Å²) >= 11 is 0. The molecule has 3 rings (SSSR count). The first-order chi connectivity index (χ1) is 13.2. The van der Waals surface area contributed by atoms with E-state index in [2.05, 4.69) is 30.7 Å². The van der Waals surface area contributed by atoms with Gasteiger partial charge in [0.15, 0.2) is 0 Å². The number of aromatic hydroxyl groups is 1. The Balaban J connectivity index is 1.73. The van der Waals surface area contributed by atoms with Crippen LogP contribution in [0.2, 0.25) is 0 Å². The highest BCUT2D eigenvalue weighted by Crippen LogP contribution is 2.17. The van der Waals surface area contributed by atoms with Gasteiger partial charge in [-0.2, -0.15) is 15.1 Å². The lowest BCUT2D eigenvalue weighted by Crippen LogP contribution is -2.37. The summed E-state index contributed by atoms with van der Waals surface area (Å²) in [4.78, 5) is 11.0. The minimum atomic E-state index is 0.207. The molecule has 1 aromatic carbocycles. The van der Waals surface area contributed by atoms with Crippen LogP contribution in [0.4, 0.5) is 11.5 Å². The Bertz CT molecular complexity index is 747. The number of morpholine rings is 1. The molecule has 0 radical (unpaired) electrons. The van der Waals surface area contributed by atoms with Gasteiger partial charge in [0, 0.05) is 25.7 Å². The Hall–Kier alpha value is -2.91. The highest BCUT2D eigenvalue weighted by atomic mass is 16.5. The Labute approximate surface area is 158 Å². The number of benzene rings is 1. The van der Waals surface area contributed by atoms with Crippen LogP contribution in [0.25, 0.3) is 0 Å². The smallest absolute Gasteiger partial charge is 0.319 e. The second-order valence-electron chi connectivity index (χ2n) is 5.90. The fraction of sp³-hybridized carbons (Fsp3) is 0.389. The molecule has 0 bridgehead atoms. The number of hydrazone groups is 1. The third-order valence-corrected chi connectivity index (χ3v) is 3.89. The van der Waals surface area contributed by atoms with E-state index in [4.69, 9.17) is 9.47 Å². The van der Waals surface area contributed by atoms with Crippen molar-refractivity contribution in [3.8, 4) is 11.8 Å². The molecule has 9 nitrogen and oxygen atoms in total. The Kier molecular flexibility index (Phi) is 6.78. The molecule has 0 saturated carbocycles. The van der Waals surface area contributed by atoms with Gasteiger partial charge in [0.1, 0.15) is 18.2 Å². The third kappa shape index (κ3) is 5.80. The number of ether oxygens (including phenoxy) is 2. The molecule has 1 aromatic heterocycles. The zero-order valence-electron chi connectivity index (χ0n) is 15.3. The minimum absolute atomic E-state index is 0.207. The number of rotatable bonds is 8. The van der Waals surface area contributed by atoms with Gasteiger partial charge in [-0.05, 0) is 31.3 Å². The molecule has 9 heteroatoms. The molecule has 3 N–H and O–H groups in total. The van der Waals surface area contributed by atoms with Crippen LogP contribution >= 0.6 is 0 Å². The van der Waals surface area contributed by atoms with E-state index in [-0.39, 0.29) is 5.75 Å². The number of nitrogens with one attached hydrogen (secondary N) is 2. The van der Waals surface area contributed by atoms with Crippen molar-refractivity contribution in [1.29, 1.82) is 0 Å². The molecule has 1 saturated heterocycles. The van der Waals surface area contributed by atoms with Crippen LogP contribution in [0.15, 0.2) is 35.4 Å². The number of likely N-dealkylation sites (N-methyl/N-ethyl adjacent to an activating group) is 1. The molecule has 0 amide bonds. The molecule has 144 valence electrons. The summed E-state index contributed by atoms with van der Waals surface area (Å²) in [5, 5.41) is 16.6. The maximum absolute atomic E-state index is 9.32. The van der Waals surface area contributed by atoms with Crippen molar-refractivity contribution in [3.63, 3.8) is 0 Å². The van der Waals surface area contributed by atoms with Crippen molar-refractivity contribution >= 4 is 17.7 Å². The lowest BCUT2D eigenvalue weighted by molar-refractivity contribution is 0.122. The molecular weight excluding hydrogens is 348 g/mol. The second kappa shape index (κ2) is 9.70. The minimum Gasteiger partial charge on any atom is -0.508 e. The zero-order chi connectivity index (χ0) is 18.9. The summed E-state index contributed by atoms with van der Waals surface area (Å²) < 4.78 is 11.0. The normalized spacial score (nSPS) is 14.5. The first-order valence-corrected chi connectivity index (χ1v) is 8.82. The van der Waals surface area contributed by atoms with Gasteiger partial charge < -0.3 is 24.8 Å². The Morgan fingerprint density at radius 2 is 2.04 bits per heavy atom. The molecule has 0 atom stereocenters. The van der Waals surface area contributed by atoms with Gasteiger partial charge in [-0.1, -0.05) is 0 Å². The fourth-order valence-corrected chi connectivity index (χ4v) is 2.47. The van der Waals surface area contributed by atoms with E-state index < -0.39 is 0 Å². The van der Waals surface area contributed by atoms with Crippen LogP contribution in [0.3, 0.4) is 0 Å². The number of anilines is 2. The number of hydrogen-bond acceptors (Lipinski definition) is 9. The monoisotopic (exact) mass is 372 g/mol. The summed E-state index contributed by atoms with van der Waals surface area (Å²) in [6.45, 7) is 4.07. The predicted molar refractivity (Wildman–Crippen MR) is 104 cm³/mol. The summed E-state index contributed by atoms with van der Waals surface area (Å²) in [6.07, 6.45) is 1.61. The highest BCUT2D eigenvalue weighted by molar-refractivity contribution is 5.79. The predicted octanol–water partition coefficient (Wildman–Crippen LogP) is 1.06. The molecule has 2 heterocycles. The van der Waals surface area contributed by atoms with E-state index in [1.807, 2.05) is 13.1 Å². The van der Waals surface area contributed by atoms with Gasteiger partial charge in [-0.3, -0.25) is 5.43 Å². The highest BCUT2D eigenvalue weighted by Gasteiger charge is 2.15. The fourth-order valence-electron chi connectivity index (χ4n) is 2.47. The molecule has 1 aliphatic heterocycles. The average Bonchev–Trinajstić information content (AvgIpc) is 2.70. The molecular formula is C18H24N6O3. The van der Waals surface area contributed by atoms with E-state index in [1.165, 1.54) is 0 Å². The molecule has 0 unspecified atom stereocenters. The van der Waals surface area contributed by atoms with Crippen molar-refractivity contribution in [2.24, 2.45) is 5.10 Å². The van der Waals surface area contributed by atoms with Crippen molar-refractivity contribution in [3.05, 3.63) is 36.0 Å². The van der Waals surface area contributed by atoms with Gasteiger partial charge in [0.2, 0.25) is 0 Å². The Morgan fingerprint density at radius 1 is 1.26 bits per heavy atom. The lowest BCUT2D eigenvalue weighted by Gasteiger charge is -2.28. The topological polar surface area (TPSA) is 104 Å². The summed E-state index contributed by atoms with van der Waals surface area (Å²) in [6, 6.07) is 8.84. The van der Waals surface area contributed by atoms with Crippen LogP contribution in [0.1, 0.15) is 5.69 Å². The quantitative estimate of drug-likeness (QED) is 0.274. The molecule has 0 aliphatic carbocycles. The third-order valence-electron chi connectivity index (χ3n) is 3.89. The van der Waals surface area contributed by atoms with Crippen LogP contribution < -0.4 is 20.4 Å². The van der Waals surface area contributed by atoms with E-state index in [9.17, 15) is 5.11 Å². The van der Waals surface area contributed by atoms with Crippen molar-refractivity contribution in [2.75, 3.05) is 56.8 Å². The molecule has 2 aromatic rings. The van der Waals surface area contributed by atoms with Gasteiger partial charge in [0.05, 0.1) is 30.8 Å². The molecule has 1 fully saturated rings. The Morgan fingerprint density at radius 3 is 2.78 bits per heavy atom. The van der Waals surface area contributed by atoms with E-state index in [1.54, 1.807) is 30.5 Å². The van der Waals surface area contributed by atoms with E-state index in [0.29, 0.717) is 38.1 Å². The summed E-state index contributed by atoms with van der Waals surface area (Å²) in [7, 11) is 1.86. The van der Waals surface area contributed by atoms with E-state index >= 15 is 0 Å². The maximum atomic E-state index is 9.32. The summed E-state index contributed by atoms with van der Waals surface area (Å²) in [5.41, 5.74) is 4.30. The number of phenols is 1. The SMILES string of the molecule is CNCCOc1nc(C=NNc2ccc(O)cc2)cc(N2CCOCC2)n1. The maximum Gasteiger partial charge on any atom is 0.319 e. The zero-order valence-corrected chi connectivity index (χ0v) is 15.3. The van der Waals surface area contributed by atoms with Gasteiger partial charge >= 0.3 is 6.01 Å². The van der Waals surface area contributed by atoms with E-state index in [0.717, 1.165) is 24.6 Å². The van der Waals surface area contributed by atoms with Crippen LogP contribution in [-0.4, -0.2) is 67.8 Å². The lowest BCUT2D eigenvalue weighted by atomic mass is 10.3. The second-order valence-corrected chi connectivity index (χ2v) is 5.90. The number of hydrogen-bond donors (Lipinski definition) is 3. The van der Waals surface area contributed by atoms with Crippen LogP contribution in [0, 0.1) is 0 Å². The number of nitrogens with zero attached hydrogens (tertiary/aromatic N) is 4. The largest absolute Gasteiger partial charge is 0.508 e. The molecule has 1 aliphatic rings. The standard InChI is InChI=1S/C18H24N6O3/c1-19-6-9-27-18-21-15(12-17(22-18)24-7-10-26-11-8-24)13-20-23-14-2-4-16(25)5-3-14/h2-5,12-13,19,23,25H,6-11H2,1H3. The summed E-state index contributed by atoms with van der Waals surface area (Å²) in [5.74, 6) is 0.998. The van der Waals surface area contributed by atoms with Gasteiger partial charge in [-0.15, -0.1) is 0 Å². The number of phenolic OH excluding ortho intramolecular Hbond substituents is 1. The molecule has 27 heavy (non-hydrogen) atoms. The van der Waals surface area contributed by atoms with Gasteiger partial charge in [-0.25, -0.2) is 0 Å². The average molecular weight is 372 g/mol. The van der Waals surface area contributed by atoms with Crippen LogP contribution in [-0.2, 0) is 4.74 Å². The first-order valence-electron chi connectivity index (χ1n) is 8.82. The van der Waals surface area contributed by atoms with Crippen molar-refractivity contribution < 1.29 is 14.6 Å². The van der Waals surface area contributed by atoms with Crippen molar-refractivity contribution in [2.45, 2.75) is 0 Å². The van der Waals surface area contributed by atoms with Crippen molar-refractivity contribution in [1.82, 2.24) is 15.3 Å². The van der Waals surface area contributed by atoms with Crippen LogP contribution in [0.5, 0.6) is 11.8 Å². The first kappa shape index (κ1) is 18.9.